The van der Waals surface area contributed by atoms with Crippen LogP contribution in [-0.2, 0) is 18.9 Å². The monoisotopic (exact) mass is 492 g/mol. The van der Waals surface area contributed by atoms with Gasteiger partial charge in [0, 0.05) is 35.2 Å². The summed E-state index contributed by atoms with van der Waals surface area (Å²) in [6.07, 6.45) is -1.29. The molecule has 2 N–H and O–H groups in total. The van der Waals surface area contributed by atoms with Crippen molar-refractivity contribution in [3.63, 3.8) is 0 Å². The van der Waals surface area contributed by atoms with Gasteiger partial charge in [-0.15, -0.1) is 0 Å². The fourth-order valence-electron chi connectivity index (χ4n) is 1.83. The Morgan fingerprint density at radius 1 is 1.00 bits per heavy atom. The lowest BCUT2D eigenvalue weighted by Crippen LogP contribution is -2.43. The number of nitrogens with one attached hydrogen (secondary N) is 2. The van der Waals surface area contributed by atoms with E-state index in [0.717, 1.165) is 6.54 Å². The number of alkyl halides is 1. The van der Waals surface area contributed by atoms with Gasteiger partial charge in [-0.3, -0.25) is 4.79 Å². The predicted octanol–water partition coefficient (Wildman–Crippen LogP) is 2.31. The zero-order valence-electron chi connectivity index (χ0n) is 16.3. The highest BCUT2D eigenvalue weighted by atomic mass is 127. The molecule has 0 aliphatic rings. The highest BCUT2D eigenvalue weighted by molar-refractivity contribution is 14.1. The van der Waals surface area contributed by atoms with Crippen LogP contribution in [0.1, 0.15) is 27.7 Å². The van der Waals surface area contributed by atoms with Crippen LogP contribution in [0.15, 0.2) is 0 Å². The molecule has 0 saturated heterocycles. The smallest absolute Gasteiger partial charge is 0.280 e. The fourth-order valence-corrected chi connectivity index (χ4v) is 2.05. The van der Waals surface area contributed by atoms with Crippen molar-refractivity contribution in [2.24, 2.45) is 0 Å². The lowest BCUT2D eigenvalue weighted by molar-refractivity contribution is -0.0893. The maximum absolute atomic E-state index is 14.0. The molecule has 156 valence electrons. The lowest BCUT2D eigenvalue weighted by atomic mass is 10.0. The molecule has 0 heterocycles. The Morgan fingerprint density at radius 3 is 2.00 bits per heavy atom. The molecule has 1 unspecified atom stereocenters. The second kappa shape index (κ2) is 15.9. The summed E-state index contributed by atoms with van der Waals surface area (Å²) in [5, 5.41) is 5.70. The van der Waals surface area contributed by atoms with E-state index in [0.29, 0.717) is 45.7 Å². The standard InChI is InChI=1S/C17H34FIN2O5/c1-14(2)20-5-6-23-7-8-24-9-10-25-11-12-26-17(3,4)15(18)13-21-16(19)22/h14-15,20H,5-13H2,1-4H3,(H,21,22). The van der Waals surface area contributed by atoms with Gasteiger partial charge in [-0.2, -0.15) is 0 Å². The number of carbonyl (C=O) groups is 1. The molecule has 7 nitrogen and oxygen atoms in total. The van der Waals surface area contributed by atoms with Crippen LogP contribution in [0.2, 0.25) is 0 Å². The van der Waals surface area contributed by atoms with Gasteiger partial charge in [0.05, 0.1) is 58.4 Å². The molecule has 1 atom stereocenters. The van der Waals surface area contributed by atoms with E-state index in [1.54, 1.807) is 36.4 Å². The van der Waals surface area contributed by atoms with E-state index in [1.165, 1.54) is 0 Å². The minimum absolute atomic E-state index is 0.0704. The zero-order chi connectivity index (χ0) is 19.8. The summed E-state index contributed by atoms with van der Waals surface area (Å²) in [5.41, 5.74) is -0.985. The average molecular weight is 492 g/mol. The summed E-state index contributed by atoms with van der Waals surface area (Å²) in [6.45, 7) is 11.6. The Kier molecular flexibility index (Phi) is 15.9. The van der Waals surface area contributed by atoms with Crippen LogP contribution in [0.25, 0.3) is 0 Å². The Morgan fingerprint density at radius 2 is 1.50 bits per heavy atom. The number of amides is 1. The van der Waals surface area contributed by atoms with Gasteiger partial charge in [-0.1, -0.05) is 13.8 Å². The Hall–Kier alpha value is -0.0700. The van der Waals surface area contributed by atoms with Crippen molar-refractivity contribution in [2.75, 3.05) is 59.3 Å². The van der Waals surface area contributed by atoms with E-state index in [2.05, 4.69) is 24.5 Å². The third kappa shape index (κ3) is 16.1. The van der Waals surface area contributed by atoms with Gasteiger partial charge in [-0.25, -0.2) is 4.39 Å². The third-order valence-corrected chi connectivity index (χ3v) is 3.80. The molecule has 9 heteroatoms. The van der Waals surface area contributed by atoms with Gasteiger partial charge >= 0.3 is 0 Å². The summed E-state index contributed by atoms with van der Waals surface area (Å²) in [6, 6.07) is 0.467. The molecule has 0 rings (SSSR count). The summed E-state index contributed by atoms with van der Waals surface area (Å²) in [5.74, 6) is 0. The Balaban J connectivity index is 3.43. The normalized spacial score (nSPS) is 13.2. The predicted molar refractivity (Wildman–Crippen MR) is 108 cm³/mol. The number of carbonyl (C=O) groups excluding carboxylic acids is 1. The highest BCUT2D eigenvalue weighted by Crippen LogP contribution is 2.17. The molecule has 0 saturated carbocycles. The van der Waals surface area contributed by atoms with Crippen molar-refractivity contribution < 1.29 is 28.1 Å². The molecule has 0 aromatic carbocycles. The Bertz CT molecular complexity index is 362. The number of rotatable bonds is 17. The average Bonchev–Trinajstić information content (AvgIpc) is 2.56. The van der Waals surface area contributed by atoms with E-state index in [-0.39, 0.29) is 17.1 Å². The van der Waals surface area contributed by atoms with Crippen LogP contribution in [0, 0.1) is 0 Å². The van der Waals surface area contributed by atoms with Gasteiger partial charge in [-0.05, 0) is 13.8 Å². The number of hydrogen-bond donors (Lipinski definition) is 2. The van der Waals surface area contributed by atoms with E-state index in [9.17, 15) is 9.18 Å². The topological polar surface area (TPSA) is 78.1 Å². The lowest BCUT2D eigenvalue weighted by Gasteiger charge is -2.29. The first-order chi connectivity index (χ1) is 12.3. The number of hydrogen-bond acceptors (Lipinski definition) is 6. The molecule has 1 amide bonds. The van der Waals surface area contributed by atoms with Crippen LogP contribution < -0.4 is 10.6 Å². The van der Waals surface area contributed by atoms with E-state index < -0.39 is 11.8 Å². The summed E-state index contributed by atoms with van der Waals surface area (Å²) in [4.78, 5) is 10.8. The number of ether oxygens (including phenoxy) is 4. The molecule has 26 heavy (non-hydrogen) atoms. The fraction of sp³-hybridized carbons (Fsp3) is 0.941. The maximum Gasteiger partial charge on any atom is 0.280 e. The molecule has 0 aliphatic heterocycles. The molecule has 0 aliphatic carbocycles. The van der Waals surface area contributed by atoms with E-state index in [4.69, 9.17) is 18.9 Å². The van der Waals surface area contributed by atoms with Crippen LogP contribution in [0.3, 0.4) is 0 Å². The molecular weight excluding hydrogens is 458 g/mol. The largest absolute Gasteiger partial charge is 0.378 e. The van der Waals surface area contributed by atoms with E-state index >= 15 is 0 Å². The first-order valence-corrected chi connectivity index (χ1v) is 10.0. The van der Waals surface area contributed by atoms with Crippen LogP contribution in [-0.4, -0.2) is 81.1 Å². The molecule has 0 bridgehead atoms. The SMILES string of the molecule is CC(C)NCCOCCOCCOCCOC(C)(C)C(F)CNC(=O)I. The molecule has 0 aromatic rings. The molecule has 0 aromatic heterocycles. The van der Waals surface area contributed by atoms with Gasteiger partial charge in [0.25, 0.3) is 3.91 Å². The summed E-state index contributed by atoms with van der Waals surface area (Å²) >= 11 is 1.57. The second-order valence-corrected chi connectivity index (χ2v) is 7.50. The van der Waals surface area contributed by atoms with Crippen LogP contribution in [0.4, 0.5) is 9.18 Å². The van der Waals surface area contributed by atoms with Gasteiger partial charge in [0.15, 0.2) is 0 Å². The van der Waals surface area contributed by atoms with Crippen molar-refractivity contribution in [3.8, 4) is 0 Å². The first kappa shape index (κ1) is 25.9. The second-order valence-electron chi connectivity index (χ2n) is 6.52. The van der Waals surface area contributed by atoms with Crippen molar-refractivity contribution in [1.29, 1.82) is 0 Å². The molecular formula is C17H34FIN2O5. The highest BCUT2D eigenvalue weighted by Gasteiger charge is 2.30. The minimum Gasteiger partial charge on any atom is -0.378 e. The molecule has 0 fully saturated rings. The Labute approximate surface area is 170 Å². The molecule has 0 radical (unpaired) electrons. The summed E-state index contributed by atoms with van der Waals surface area (Å²) < 4.78 is 35.4. The van der Waals surface area contributed by atoms with Gasteiger partial charge < -0.3 is 29.6 Å². The quantitative estimate of drug-likeness (QED) is 0.141. The van der Waals surface area contributed by atoms with Crippen molar-refractivity contribution in [2.45, 2.75) is 45.5 Å². The number of halogens is 2. The van der Waals surface area contributed by atoms with Crippen molar-refractivity contribution in [3.05, 3.63) is 0 Å². The van der Waals surface area contributed by atoms with Crippen molar-refractivity contribution in [1.82, 2.24) is 10.6 Å². The van der Waals surface area contributed by atoms with Crippen LogP contribution in [0.5, 0.6) is 0 Å². The maximum atomic E-state index is 14.0. The first-order valence-electron chi connectivity index (χ1n) is 8.93. The molecule has 0 spiro atoms. The summed E-state index contributed by atoms with van der Waals surface area (Å²) in [7, 11) is 0. The van der Waals surface area contributed by atoms with E-state index in [1.807, 2.05) is 0 Å². The van der Waals surface area contributed by atoms with Crippen molar-refractivity contribution >= 4 is 26.5 Å². The van der Waals surface area contributed by atoms with Crippen LogP contribution >= 0.6 is 22.6 Å². The zero-order valence-corrected chi connectivity index (χ0v) is 18.5. The minimum atomic E-state index is -1.29. The van der Waals surface area contributed by atoms with Gasteiger partial charge in [0.2, 0.25) is 0 Å². The van der Waals surface area contributed by atoms with Gasteiger partial charge in [0.1, 0.15) is 6.17 Å². The third-order valence-electron chi connectivity index (χ3n) is 3.42.